The maximum Gasteiger partial charge on any atom is 0.244 e. The Morgan fingerprint density at radius 2 is 1.70 bits per heavy atom. The Morgan fingerprint density at radius 3 is 2.21 bits per heavy atom. The summed E-state index contributed by atoms with van der Waals surface area (Å²) in [5.74, 6) is -0.782. The lowest BCUT2D eigenvalue weighted by Crippen LogP contribution is -2.54. The number of halogens is 1. The molecule has 7 nitrogen and oxygen atoms in total. The molecule has 2 aromatic carbocycles. The quantitative estimate of drug-likeness (QED) is 0.553. The highest BCUT2D eigenvalue weighted by Crippen LogP contribution is 2.21. The lowest BCUT2D eigenvalue weighted by Gasteiger charge is -2.33. The second kappa shape index (κ2) is 10.7. The minimum absolute atomic E-state index is 0.163. The summed E-state index contributed by atoms with van der Waals surface area (Å²) < 4.78 is 27.1. The third-order valence-electron chi connectivity index (χ3n) is 4.90. The molecular weight excluding hydrogens is 506 g/mol. The first-order chi connectivity index (χ1) is 15.2. The molecule has 2 amide bonds. The molecule has 180 valence electrons. The molecule has 0 radical (unpaired) electrons. The zero-order valence-electron chi connectivity index (χ0n) is 19.9. The van der Waals surface area contributed by atoms with Crippen molar-refractivity contribution in [2.45, 2.75) is 52.7 Å². The van der Waals surface area contributed by atoms with Crippen molar-refractivity contribution in [1.82, 2.24) is 10.2 Å². The van der Waals surface area contributed by atoms with E-state index in [1.54, 1.807) is 25.1 Å². The van der Waals surface area contributed by atoms with Gasteiger partial charge in [0.05, 0.1) is 11.9 Å². The van der Waals surface area contributed by atoms with Crippen molar-refractivity contribution in [1.29, 1.82) is 0 Å². The first-order valence-corrected chi connectivity index (χ1v) is 13.2. The number of benzene rings is 2. The van der Waals surface area contributed by atoms with Gasteiger partial charge in [-0.2, -0.15) is 0 Å². The molecule has 0 unspecified atom stereocenters. The van der Waals surface area contributed by atoms with Crippen LogP contribution in [0.4, 0.5) is 5.69 Å². The number of anilines is 1. The molecule has 33 heavy (non-hydrogen) atoms. The maximum atomic E-state index is 13.5. The van der Waals surface area contributed by atoms with Gasteiger partial charge >= 0.3 is 0 Å². The first-order valence-electron chi connectivity index (χ1n) is 10.6. The van der Waals surface area contributed by atoms with Crippen LogP contribution in [0.2, 0.25) is 0 Å². The van der Waals surface area contributed by atoms with Gasteiger partial charge in [0.2, 0.25) is 21.8 Å². The van der Waals surface area contributed by atoms with E-state index < -0.39 is 34.1 Å². The Labute approximate surface area is 205 Å². The Balaban J connectivity index is 2.39. The second-order valence-electron chi connectivity index (χ2n) is 9.17. The normalized spacial score (nSPS) is 12.7. The minimum Gasteiger partial charge on any atom is -0.350 e. The van der Waals surface area contributed by atoms with Crippen molar-refractivity contribution in [2.24, 2.45) is 0 Å². The van der Waals surface area contributed by atoms with Crippen molar-refractivity contribution < 1.29 is 18.0 Å². The third kappa shape index (κ3) is 8.16. The summed E-state index contributed by atoms with van der Waals surface area (Å²) in [6.45, 7) is 8.84. The van der Waals surface area contributed by atoms with E-state index in [1.807, 2.05) is 58.0 Å². The highest BCUT2D eigenvalue weighted by molar-refractivity contribution is 9.10. The fourth-order valence-electron chi connectivity index (χ4n) is 3.24. The van der Waals surface area contributed by atoms with Crippen LogP contribution >= 0.6 is 15.9 Å². The van der Waals surface area contributed by atoms with Crippen LogP contribution in [0.1, 0.15) is 38.8 Å². The van der Waals surface area contributed by atoms with E-state index in [-0.39, 0.29) is 12.5 Å². The number of carbonyl (C=O) groups excluding carboxylic acids is 2. The summed E-state index contributed by atoms with van der Waals surface area (Å²) in [6, 6.07) is 13.6. The molecule has 0 saturated heterocycles. The molecule has 2 aromatic rings. The summed E-state index contributed by atoms with van der Waals surface area (Å²) in [6.07, 6.45) is 1.07. The number of nitrogens with one attached hydrogen (secondary N) is 1. The van der Waals surface area contributed by atoms with Crippen LogP contribution in [0.3, 0.4) is 0 Å². The van der Waals surface area contributed by atoms with Gasteiger partial charge in [-0.3, -0.25) is 13.9 Å². The average Bonchev–Trinajstić information content (AvgIpc) is 2.68. The Hall–Kier alpha value is -2.39. The second-order valence-corrected chi connectivity index (χ2v) is 12.0. The molecule has 1 atom stereocenters. The largest absolute Gasteiger partial charge is 0.350 e. The van der Waals surface area contributed by atoms with E-state index in [0.717, 1.165) is 26.2 Å². The minimum atomic E-state index is -3.74. The van der Waals surface area contributed by atoms with E-state index in [1.165, 1.54) is 4.90 Å². The smallest absolute Gasteiger partial charge is 0.244 e. The first kappa shape index (κ1) is 26.9. The molecule has 0 bridgehead atoms. The molecule has 1 N–H and O–H groups in total. The Kier molecular flexibility index (Phi) is 8.70. The molecule has 0 saturated carbocycles. The van der Waals surface area contributed by atoms with Gasteiger partial charge in [0.15, 0.2) is 0 Å². The number of amides is 2. The predicted octanol–water partition coefficient (Wildman–Crippen LogP) is 3.86. The number of nitrogens with zero attached hydrogens (tertiary/aromatic N) is 2. The monoisotopic (exact) mass is 537 g/mol. The number of sulfonamides is 1. The van der Waals surface area contributed by atoms with Gasteiger partial charge < -0.3 is 10.2 Å². The number of hydrogen-bond donors (Lipinski definition) is 1. The highest BCUT2D eigenvalue weighted by atomic mass is 79.9. The molecule has 0 aliphatic rings. The molecule has 0 aliphatic carbocycles. The zero-order valence-corrected chi connectivity index (χ0v) is 22.3. The van der Waals surface area contributed by atoms with Crippen molar-refractivity contribution in [3.05, 3.63) is 64.1 Å². The summed E-state index contributed by atoms with van der Waals surface area (Å²) in [7, 11) is -3.74. The summed E-state index contributed by atoms with van der Waals surface area (Å²) in [4.78, 5) is 27.8. The fraction of sp³-hybridized carbons (Fsp3) is 0.417. The predicted molar refractivity (Wildman–Crippen MR) is 135 cm³/mol. The van der Waals surface area contributed by atoms with Gasteiger partial charge in [0.25, 0.3) is 0 Å². The van der Waals surface area contributed by atoms with Crippen LogP contribution in [0.15, 0.2) is 53.0 Å². The maximum absolute atomic E-state index is 13.5. The van der Waals surface area contributed by atoms with Crippen LogP contribution in [-0.2, 0) is 26.2 Å². The molecule has 0 heterocycles. The van der Waals surface area contributed by atoms with Crippen molar-refractivity contribution in [2.75, 3.05) is 17.1 Å². The molecule has 0 spiro atoms. The van der Waals surface area contributed by atoms with Crippen LogP contribution in [0, 0.1) is 6.92 Å². The van der Waals surface area contributed by atoms with Gasteiger partial charge in [-0.25, -0.2) is 8.42 Å². The van der Waals surface area contributed by atoms with E-state index in [0.29, 0.717) is 5.69 Å². The van der Waals surface area contributed by atoms with Gasteiger partial charge in [-0.05, 0) is 70.0 Å². The van der Waals surface area contributed by atoms with Gasteiger partial charge in [0.1, 0.15) is 12.6 Å². The van der Waals surface area contributed by atoms with Gasteiger partial charge in [-0.15, -0.1) is 0 Å². The van der Waals surface area contributed by atoms with Crippen LogP contribution < -0.4 is 9.62 Å². The molecular formula is C24H32BrN3O4S. The number of rotatable bonds is 8. The Morgan fingerprint density at radius 1 is 1.09 bits per heavy atom. The summed E-state index contributed by atoms with van der Waals surface area (Å²) in [5, 5.41) is 2.90. The number of hydrogen-bond acceptors (Lipinski definition) is 4. The molecule has 0 fully saturated rings. The van der Waals surface area contributed by atoms with E-state index >= 15 is 0 Å². The zero-order chi connectivity index (χ0) is 25.0. The highest BCUT2D eigenvalue weighted by Gasteiger charge is 2.31. The van der Waals surface area contributed by atoms with Crippen molar-refractivity contribution in [3.8, 4) is 0 Å². The molecule has 0 aliphatic heterocycles. The summed E-state index contributed by atoms with van der Waals surface area (Å²) >= 11 is 3.39. The SMILES string of the molecule is Cc1cccc(N(CC(=O)N(Cc2ccc(Br)cc2)[C@@H](C)C(=O)NC(C)(C)C)S(C)(=O)=O)c1. The van der Waals surface area contributed by atoms with Crippen LogP contribution in [0.5, 0.6) is 0 Å². The fourth-order valence-corrected chi connectivity index (χ4v) is 4.35. The van der Waals surface area contributed by atoms with E-state index in [4.69, 9.17) is 0 Å². The lowest BCUT2D eigenvalue weighted by molar-refractivity contribution is -0.140. The summed E-state index contributed by atoms with van der Waals surface area (Å²) in [5.41, 5.74) is 1.63. The van der Waals surface area contributed by atoms with Gasteiger partial charge in [-0.1, -0.05) is 40.2 Å². The average molecular weight is 539 g/mol. The molecule has 9 heteroatoms. The van der Waals surface area contributed by atoms with E-state index in [9.17, 15) is 18.0 Å². The van der Waals surface area contributed by atoms with Crippen LogP contribution in [0.25, 0.3) is 0 Å². The van der Waals surface area contributed by atoms with Crippen molar-refractivity contribution in [3.63, 3.8) is 0 Å². The standard InChI is InChI=1S/C24H32BrN3O4S/c1-17-8-7-9-21(14-17)28(33(6,31)32)16-22(29)27(15-19-10-12-20(25)13-11-19)18(2)23(30)26-24(3,4)5/h7-14,18H,15-16H2,1-6H3,(H,26,30)/t18-/m0/s1. The van der Waals surface area contributed by atoms with Gasteiger partial charge in [0, 0.05) is 16.6 Å². The van der Waals surface area contributed by atoms with Crippen molar-refractivity contribution >= 4 is 43.5 Å². The van der Waals surface area contributed by atoms with E-state index in [2.05, 4.69) is 21.2 Å². The number of carbonyl (C=O) groups is 2. The molecule has 2 rings (SSSR count). The number of aryl methyl sites for hydroxylation is 1. The van der Waals surface area contributed by atoms with Crippen LogP contribution in [-0.4, -0.2) is 49.5 Å². The third-order valence-corrected chi connectivity index (χ3v) is 6.57. The lowest BCUT2D eigenvalue weighted by atomic mass is 10.1. The Bertz CT molecular complexity index is 1100. The molecule has 0 aromatic heterocycles. The topological polar surface area (TPSA) is 86.8 Å².